The van der Waals surface area contributed by atoms with Gasteiger partial charge in [-0.1, -0.05) is 76.6 Å². The summed E-state index contributed by atoms with van der Waals surface area (Å²) >= 11 is 3.54. The van der Waals surface area contributed by atoms with Crippen LogP contribution in [0.3, 0.4) is 0 Å². The smallest absolute Gasteiger partial charge is 0.109 e. The number of hydrogen-bond acceptors (Lipinski definition) is 3. The van der Waals surface area contributed by atoms with Crippen LogP contribution in [-0.2, 0) is 0 Å². The van der Waals surface area contributed by atoms with Gasteiger partial charge in [-0.2, -0.15) is 0 Å². The van der Waals surface area contributed by atoms with E-state index in [0.29, 0.717) is 12.1 Å². The molecule has 0 unspecified atom stereocenters. The maximum atomic E-state index is 11.9. The van der Waals surface area contributed by atoms with Crippen LogP contribution in [0.5, 0.6) is 0 Å². The van der Waals surface area contributed by atoms with E-state index in [9.17, 15) is 4.91 Å². The lowest BCUT2D eigenvalue weighted by Crippen LogP contribution is -2.28. The molecule has 3 nitrogen and oxygen atoms in total. The average Bonchev–Trinajstić information content (AvgIpc) is 2.84. The van der Waals surface area contributed by atoms with Crippen molar-refractivity contribution in [2.45, 2.75) is 19.3 Å². The SMILES string of the molecule is O=NC1=C2C(=C(c3ccccc3)C=C(c3ccccc3)N2c2ccc(Br)cc2)CCC1. The maximum Gasteiger partial charge on any atom is 0.109 e. The van der Waals surface area contributed by atoms with E-state index in [1.165, 1.54) is 11.1 Å². The molecule has 0 amide bonds. The molecule has 152 valence electrons. The lowest BCUT2D eigenvalue weighted by Gasteiger charge is -2.38. The molecule has 0 bridgehead atoms. The van der Waals surface area contributed by atoms with Crippen LogP contribution < -0.4 is 4.90 Å². The topological polar surface area (TPSA) is 32.7 Å². The van der Waals surface area contributed by atoms with Gasteiger partial charge in [0, 0.05) is 10.2 Å². The van der Waals surface area contributed by atoms with Gasteiger partial charge in [0.1, 0.15) is 5.70 Å². The van der Waals surface area contributed by atoms with Gasteiger partial charge in [0.05, 0.1) is 11.4 Å². The number of nitrogens with zero attached hydrogens (tertiary/aromatic N) is 2. The molecule has 0 N–H and O–H groups in total. The van der Waals surface area contributed by atoms with Crippen molar-refractivity contribution in [3.8, 4) is 0 Å². The highest BCUT2D eigenvalue weighted by atomic mass is 79.9. The van der Waals surface area contributed by atoms with Gasteiger partial charge in [-0.15, -0.1) is 4.91 Å². The number of rotatable bonds is 4. The molecule has 0 atom stereocenters. The van der Waals surface area contributed by atoms with Crippen molar-refractivity contribution >= 4 is 32.9 Å². The number of halogens is 1. The molecule has 1 aliphatic heterocycles. The van der Waals surface area contributed by atoms with Crippen molar-refractivity contribution in [2.24, 2.45) is 5.18 Å². The van der Waals surface area contributed by atoms with E-state index < -0.39 is 0 Å². The summed E-state index contributed by atoms with van der Waals surface area (Å²) in [5.74, 6) is 0. The van der Waals surface area contributed by atoms with Crippen LogP contribution >= 0.6 is 15.9 Å². The van der Waals surface area contributed by atoms with Crippen molar-refractivity contribution in [1.82, 2.24) is 0 Å². The number of benzene rings is 3. The molecular weight excluding hydrogens is 448 g/mol. The molecular formula is C27H21BrN2O. The highest BCUT2D eigenvalue weighted by Crippen LogP contribution is 2.47. The summed E-state index contributed by atoms with van der Waals surface area (Å²) in [6, 6.07) is 29.0. The van der Waals surface area contributed by atoms with Crippen LogP contribution in [0, 0.1) is 4.91 Å². The first kappa shape index (κ1) is 19.7. The van der Waals surface area contributed by atoms with Gasteiger partial charge in [-0.05, 0) is 77.1 Å². The zero-order chi connectivity index (χ0) is 21.2. The molecule has 0 aromatic heterocycles. The number of allylic oxidation sites excluding steroid dienone is 4. The first-order chi connectivity index (χ1) is 15.3. The fraction of sp³-hybridized carbons (Fsp3) is 0.111. The molecule has 0 saturated carbocycles. The summed E-state index contributed by atoms with van der Waals surface area (Å²) in [6.07, 6.45) is 4.81. The molecule has 3 aromatic rings. The third-order valence-corrected chi connectivity index (χ3v) is 6.35. The number of anilines is 1. The van der Waals surface area contributed by atoms with E-state index in [1.54, 1.807) is 0 Å². The van der Waals surface area contributed by atoms with E-state index in [0.717, 1.165) is 45.5 Å². The molecule has 4 heteroatoms. The third kappa shape index (κ3) is 3.68. The number of nitroso groups, excluding NO2 is 1. The second-order valence-electron chi connectivity index (χ2n) is 7.71. The predicted molar refractivity (Wildman–Crippen MR) is 131 cm³/mol. The monoisotopic (exact) mass is 468 g/mol. The molecule has 0 radical (unpaired) electrons. The first-order valence-electron chi connectivity index (χ1n) is 10.4. The van der Waals surface area contributed by atoms with Crippen molar-refractivity contribution in [1.29, 1.82) is 0 Å². The van der Waals surface area contributed by atoms with Crippen molar-refractivity contribution in [3.05, 3.63) is 128 Å². The Hall–Kier alpha value is -3.24. The Morgan fingerprint density at radius 3 is 2.06 bits per heavy atom. The van der Waals surface area contributed by atoms with Gasteiger partial charge in [-0.25, -0.2) is 0 Å². The molecule has 0 spiro atoms. The highest BCUT2D eigenvalue weighted by Gasteiger charge is 2.33. The largest absolute Gasteiger partial charge is 0.308 e. The van der Waals surface area contributed by atoms with E-state index in [2.05, 4.69) is 80.6 Å². The second kappa shape index (κ2) is 8.48. The van der Waals surface area contributed by atoms with Crippen LogP contribution in [0.25, 0.3) is 11.3 Å². The Morgan fingerprint density at radius 2 is 1.42 bits per heavy atom. The van der Waals surface area contributed by atoms with Crippen LogP contribution in [-0.4, -0.2) is 0 Å². The van der Waals surface area contributed by atoms with Crippen LogP contribution in [0.15, 0.2) is 118 Å². The lowest BCUT2D eigenvalue weighted by molar-refractivity contribution is 0.745. The summed E-state index contributed by atoms with van der Waals surface area (Å²) in [4.78, 5) is 14.2. The summed E-state index contributed by atoms with van der Waals surface area (Å²) in [5.41, 5.74) is 8.23. The molecule has 0 saturated heterocycles. The maximum absolute atomic E-state index is 11.9. The number of fused-ring (bicyclic) bond motifs is 1. The van der Waals surface area contributed by atoms with Gasteiger partial charge in [0.25, 0.3) is 0 Å². The van der Waals surface area contributed by atoms with E-state index in [-0.39, 0.29) is 0 Å². The van der Waals surface area contributed by atoms with Crippen molar-refractivity contribution in [2.75, 3.05) is 4.90 Å². The second-order valence-corrected chi connectivity index (χ2v) is 8.62. The quantitative estimate of drug-likeness (QED) is 0.364. The Labute approximate surface area is 190 Å². The van der Waals surface area contributed by atoms with Crippen LogP contribution in [0.2, 0.25) is 0 Å². The van der Waals surface area contributed by atoms with Crippen molar-refractivity contribution in [3.63, 3.8) is 0 Å². The van der Waals surface area contributed by atoms with Gasteiger partial charge in [-0.3, -0.25) is 0 Å². The average molecular weight is 469 g/mol. The van der Waals surface area contributed by atoms with E-state index in [4.69, 9.17) is 0 Å². The Morgan fingerprint density at radius 1 is 0.774 bits per heavy atom. The Balaban J connectivity index is 1.82. The molecule has 1 heterocycles. The summed E-state index contributed by atoms with van der Waals surface area (Å²) < 4.78 is 1.02. The molecule has 5 rings (SSSR count). The highest BCUT2D eigenvalue weighted by molar-refractivity contribution is 9.10. The fourth-order valence-corrected chi connectivity index (χ4v) is 4.69. The van der Waals surface area contributed by atoms with Crippen LogP contribution in [0.4, 0.5) is 5.69 Å². The molecule has 2 aliphatic rings. The Bertz CT molecular complexity index is 1210. The van der Waals surface area contributed by atoms with Gasteiger partial charge in [0.2, 0.25) is 0 Å². The first-order valence-corrected chi connectivity index (χ1v) is 11.2. The standard InChI is InChI=1S/C27H21BrN2O/c28-21-14-16-22(17-15-21)30-26(20-10-5-2-6-11-20)18-24(19-8-3-1-4-9-19)23-12-7-13-25(29-31)27(23)30/h1-6,8-11,14-18H,7,12-13H2. The molecule has 31 heavy (non-hydrogen) atoms. The zero-order valence-corrected chi connectivity index (χ0v) is 18.5. The molecule has 1 aliphatic carbocycles. The van der Waals surface area contributed by atoms with E-state index in [1.807, 2.05) is 36.4 Å². The number of hydrogen-bond donors (Lipinski definition) is 0. The van der Waals surface area contributed by atoms with E-state index >= 15 is 0 Å². The minimum Gasteiger partial charge on any atom is -0.308 e. The Kier molecular flexibility index (Phi) is 5.39. The summed E-state index contributed by atoms with van der Waals surface area (Å²) in [6.45, 7) is 0. The minimum atomic E-state index is 0.624. The van der Waals surface area contributed by atoms with Gasteiger partial charge < -0.3 is 4.90 Å². The molecule has 0 fully saturated rings. The lowest BCUT2D eigenvalue weighted by atomic mass is 9.84. The zero-order valence-electron chi connectivity index (χ0n) is 17.0. The van der Waals surface area contributed by atoms with Crippen LogP contribution in [0.1, 0.15) is 30.4 Å². The van der Waals surface area contributed by atoms with Gasteiger partial charge in [0.15, 0.2) is 0 Å². The fourth-order valence-electron chi connectivity index (χ4n) is 4.42. The minimum absolute atomic E-state index is 0.624. The molecule has 3 aromatic carbocycles. The normalized spacial score (nSPS) is 16.2. The summed E-state index contributed by atoms with van der Waals surface area (Å²) in [7, 11) is 0. The predicted octanol–water partition coefficient (Wildman–Crippen LogP) is 7.93. The summed E-state index contributed by atoms with van der Waals surface area (Å²) in [5, 5.41) is 3.50. The third-order valence-electron chi connectivity index (χ3n) is 5.82. The van der Waals surface area contributed by atoms with Gasteiger partial charge >= 0.3 is 0 Å². The van der Waals surface area contributed by atoms with Crippen molar-refractivity contribution < 1.29 is 0 Å².